The molecule has 3 heterocycles. The fraction of sp³-hybridized carbons (Fsp3) is 0.609. The van der Waals surface area contributed by atoms with Crippen LogP contribution in [0.25, 0.3) is 0 Å². The lowest BCUT2D eigenvalue weighted by Crippen LogP contribution is -2.51. The number of H-pyrrole nitrogens is 1. The molecule has 1 spiro atoms. The largest absolute Gasteiger partial charge is 0.401 e. The topological polar surface area (TPSA) is 139 Å². The number of likely N-dealkylation sites (N-methyl/N-ethyl adjacent to an activating group) is 1. The number of aromatic amines is 1. The van der Waals surface area contributed by atoms with Crippen molar-refractivity contribution in [2.75, 3.05) is 36.6 Å². The first kappa shape index (κ1) is 21.8. The standard InChI is InChI=1S/C23H29N5O5/c1-27-16(30)11-28(13-7-10-33-12-13)21-17(27)22(32)26-20(25-21)18(31)14-5-4-9-23(19(14)24)8-3-2-6-15(23)29/h13H,2-12,24H2,1H3,(H,25,26,32)/t13-,23-/m1/s1. The second-order valence-corrected chi connectivity index (χ2v) is 9.47. The van der Waals surface area contributed by atoms with E-state index >= 15 is 0 Å². The zero-order valence-electron chi connectivity index (χ0n) is 18.8. The number of hydrogen-bond donors (Lipinski definition) is 2. The number of ketones is 2. The van der Waals surface area contributed by atoms with E-state index in [9.17, 15) is 19.2 Å². The van der Waals surface area contributed by atoms with Crippen LogP contribution in [0.2, 0.25) is 0 Å². The average Bonchev–Trinajstić information content (AvgIpc) is 3.34. The summed E-state index contributed by atoms with van der Waals surface area (Å²) in [6, 6.07) is -0.0965. The molecule has 2 aliphatic heterocycles. The number of aromatic nitrogens is 2. The monoisotopic (exact) mass is 455 g/mol. The Morgan fingerprint density at radius 2 is 1.97 bits per heavy atom. The maximum absolute atomic E-state index is 13.5. The van der Waals surface area contributed by atoms with Crippen LogP contribution in [0.4, 0.5) is 11.5 Å². The molecule has 1 saturated heterocycles. The predicted octanol–water partition coefficient (Wildman–Crippen LogP) is 1.05. The van der Waals surface area contributed by atoms with Crippen molar-refractivity contribution in [3.05, 3.63) is 27.4 Å². The lowest BCUT2D eigenvalue weighted by molar-refractivity contribution is -0.129. The van der Waals surface area contributed by atoms with E-state index in [4.69, 9.17) is 10.5 Å². The molecule has 0 aromatic carbocycles. The Bertz CT molecular complexity index is 1120. The number of nitrogens with one attached hydrogen (secondary N) is 1. The summed E-state index contributed by atoms with van der Waals surface area (Å²) in [5, 5.41) is 0. The number of carbonyl (C=O) groups is 3. The van der Waals surface area contributed by atoms with Crippen molar-refractivity contribution in [2.24, 2.45) is 11.1 Å². The highest BCUT2D eigenvalue weighted by atomic mass is 16.5. The Hall–Kier alpha value is -3.01. The van der Waals surface area contributed by atoms with Gasteiger partial charge in [0.25, 0.3) is 5.56 Å². The molecular weight excluding hydrogens is 426 g/mol. The minimum absolute atomic E-state index is 0.0596. The summed E-state index contributed by atoms with van der Waals surface area (Å²) in [6.45, 7) is 1.05. The highest BCUT2D eigenvalue weighted by Crippen LogP contribution is 2.47. The smallest absolute Gasteiger partial charge is 0.277 e. The van der Waals surface area contributed by atoms with Crippen LogP contribution in [-0.4, -0.2) is 60.3 Å². The molecular formula is C23H29N5O5. The number of amides is 1. The normalized spacial score (nSPS) is 28.0. The van der Waals surface area contributed by atoms with Gasteiger partial charge in [-0.25, -0.2) is 4.98 Å². The number of anilines is 2. The van der Waals surface area contributed by atoms with Crippen molar-refractivity contribution >= 4 is 29.0 Å². The van der Waals surface area contributed by atoms with E-state index < -0.39 is 16.8 Å². The fourth-order valence-electron chi connectivity index (χ4n) is 5.73. The van der Waals surface area contributed by atoms with E-state index in [0.717, 1.165) is 12.8 Å². The van der Waals surface area contributed by atoms with Gasteiger partial charge in [-0.2, -0.15) is 0 Å². The predicted molar refractivity (Wildman–Crippen MR) is 120 cm³/mol. The molecule has 5 rings (SSSR count). The Morgan fingerprint density at radius 3 is 2.70 bits per heavy atom. The van der Waals surface area contributed by atoms with Gasteiger partial charge in [-0.1, -0.05) is 6.42 Å². The van der Waals surface area contributed by atoms with Crippen LogP contribution in [0.1, 0.15) is 62.0 Å². The molecule has 1 aromatic heterocycles. The summed E-state index contributed by atoms with van der Waals surface area (Å²) < 4.78 is 5.48. The van der Waals surface area contributed by atoms with Crippen LogP contribution in [-0.2, 0) is 14.3 Å². The second kappa shape index (κ2) is 8.09. The molecule has 2 atom stereocenters. The molecule has 3 N–H and O–H groups in total. The molecule has 0 bridgehead atoms. The van der Waals surface area contributed by atoms with Gasteiger partial charge in [0.15, 0.2) is 17.3 Å². The van der Waals surface area contributed by atoms with Crippen molar-refractivity contribution in [1.82, 2.24) is 9.97 Å². The van der Waals surface area contributed by atoms with Crippen LogP contribution in [0.3, 0.4) is 0 Å². The lowest BCUT2D eigenvalue weighted by Gasteiger charge is -2.40. The van der Waals surface area contributed by atoms with Crippen LogP contribution < -0.4 is 21.1 Å². The average molecular weight is 456 g/mol. The zero-order valence-corrected chi connectivity index (χ0v) is 18.8. The van der Waals surface area contributed by atoms with E-state index in [0.29, 0.717) is 68.8 Å². The number of allylic oxidation sites excluding steroid dienone is 2. The summed E-state index contributed by atoms with van der Waals surface area (Å²) in [5.41, 5.74) is 6.02. The third-order valence-corrected chi connectivity index (χ3v) is 7.66. The van der Waals surface area contributed by atoms with Gasteiger partial charge in [0, 0.05) is 31.3 Å². The van der Waals surface area contributed by atoms with Gasteiger partial charge in [0.1, 0.15) is 5.78 Å². The minimum atomic E-state index is -0.768. The van der Waals surface area contributed by atoms with Crippen molar-refractivity contribution in [3.63, 3.8) is 0 Å². The van der Waals surface area contributed by atoms with Gasteiger partial charge in [-0.05, 0) is 38.5 Å². The quantitative estimate of drug-likeness (QED) is 0.645. The number of carbonyl (C=O) groups excluding carboxylic acids is 3. The minimum Gasteiger partial charge on any atom is -0.401 e. The van der Waals surface area contributed by atoms with E-state index in [-0.39, 0.29) is 35.8 Å². The fourth-order valence-corrected chi connectivity index (χ4v) is 5.73. The maximum Gasteiger partial charge on any atom is 0.277 e. The number of ether oxygens (including phenoxy) is 1. The first-order valence-electron chi connectivity index (χ1n) is 11.7. The Balaban J connectivity index is 1.58. The second-order valence-electron chi connectivity index (χ2n) is 9.47. The first-order chi connectivity index (χ1) is 15.8. The molecule has 1 amide bonds. The highest BCUT2D eigenvalue weighted by Gasteiger charge is 2.46. The summed E-state index contributed by atoms with van der Waals surface area (Å²) in [5.74, 6) is -0.373. The van der Waals surface area contributed by atoms with Crippen molar-refractivity contribution in [2.45, 2.75) is 57.4 Å². The molecule has 10 heteroatoms. The number of hydrogen-bond acceptors (Lipinski definition) is 8. The summed E-state index contributed by atoms with van der Waals surface area (Å²) >= 11 is 0. The number of Topliss-reactive ketones (excluding diaryl/α,β-unsaturated/α-hetero) is 2. The van der Waals surface area contributed by atoms with Crippen LogP contribution in [0.15, 0.2) is 16.1 Å². The number of rotatable bonds is 3. The molecule has 0 radical (unpaired) electrons. The van der Waals surface area contributed by atoms with Gasteiger partial charge in [-0.15, -0.1) is 0 Å². The first-order valence-corrected chi connectivity index (χ1v) is 11.7. The number of nitrogens with zero attached hydrogens (tertiary/aromatic N) is 3. The molecule has 2 fully saturated rings. The highest BCUT2D eigenvalue weighted by molar-refractivity contribution is 6.09. The lowest BCUT2D eigenvalue weighted by atomic mass is 9.64. The van der Waals surface area contributed by atoms with Gasteiger partial charge >= 0.3 is 0 Å². The number of fused-ring (bicyclic) bond motifs is 1. The van der Waals surface area contributed by atoms with E-state index in [2.05, 4.69) is 9.97 Å². The van der Waals surface area contributed by atoms with E-state index in [1.165, 1.54) is 11.9 Å². The molecule has 176 valence electrons. The third-order valence-electron chi connectivity index (χ3n) is 7.66. The Kier molecular flexibility index (Phi) is 5.35. The van der Waals surface area contributed by atoms with Crippen molar-refractivity contribution in [3.8, 4) is 0 Å². The molecule has 1 saturated carbocycles. The van der Waals surface area contributed by atoms with Gasteiger partial charge < -0.3 is 25.3 Å². The SMILES string of the molecule is CN1C(=O)CN([C@@H]2CCOC2)c2nc(C(=O)C3=C(N)[C@]4(CCCCC4=O)CCC3)[nH]c(=O)c21. The molecule has 4 aliphatic rings. The molecule has 0 unspecified atom stereocenters. The van der Waals surface area contributed by atoms with Crippen molar-refractivity contribution in [1.29, 1.82) is 0 Å². The van der Waals surface area contributed by atoms with Gasteiger partial charge in [-0.3, -0.25) is 19.2 Å². The van der Waals surface area contributed by atoms with Crippen LogP contribution in [0.5, 0.6) is 0 Å². The molecule has 10 nitrogen and oxygen atoms in total. The third kappa shape index (κ3) is 3.38. The zero-order chi connectivity index (χ0) is 23.3. The van der Waals surface area contributed by atoms with Crippen LogP contribution >= 0.6 is 0 Å². The van der Waals surface area contributed by atoms with Gasteiger partial charge in [0.05, 0.1) is 24.6 Å². The Morgan fingerprint density at radius 1 is 1.18 bits per heavy atom. The molecule has 2 aliphatic carbocycles. The Labute approximate surface area is 191 Å². The van der Waals surface area contributed by atoms with Gasteiger partial charge in [0.2, 0.25) is 11.7 Å². The maximum atomic E-state index is 13.5. The molecule has 33 heavy (non-hydrogen) atoms. The van der Waals surface area contributed by atoms with Crippen LogP contribution in [0, 0.1) is 5.41 Å². The summed E-state index contributed by atoms with van der Waals surface area (Å²) in [7, 11) is 1.53. The van der Waals surface area contributed by atoms with E-state index in [1.54, 1.807) is 4.90 Å². The summed E-state index contributed by atoms with van der Waals surface area (Å²) in [4.78, 5) is 62.1. The summed E-state index contributed by atoms with van der Waals surface area (Å²) in [6.07, 6.45) is 5.39. The number of nitrogens with two attached hydrogens (primary N) is 1. The van der Waals surface area contributed by atoms with E-state index in [1.807, 2.05) is 0 Å². The van der Waals surface area contributed by atoms with Crippen molar-refractivity contribution < 1.29 is 19.1 Å². The molecule has 1 aromatic rings.